The summed E-state index contributed by atoms with van der Waals surface area (Å²) in [4.78, 5) is 34.9. The van der Waals surface area contributed by atoms with Crippen LogP contribution in [0, 0.1) is 6.92 Å². The zero-order chi connectivity index (χ0) is 25.2. The summed E-state index contributed by atoms with van der Waals surface area (Å²) in [5.74, 6) is -0.448. The molecule has 186 valence electrons. The van der Waals surface area contributed by atoms with Crippen molar-refractivity contribution in [2.45, 2.75) is 45.1 Å². The Morgan fingerprint density at radius 2 is 1.86 bits per heavy atom. The van der Waals surface area contributed by atoms with E-state index in [0.717, 1.165) is 31.5 Å². The molecule has 0 radical (unpaired) electrons. The van der Waals surface area contributed by atoms with E-state index < -0.39 is 16.0 Å². The Kier molecular flexibility index (Phi) is 7.23. The van der Waals surface area contributed by atoms with Gasteiger partial charge < -0.3 is 14.6 Å². The Bertz CT molecular complexity index is 1410. The number of H-pyrrole nitrogens is 1. The summed E-state index contributed by atoms with van der Waals surface area (Å²) in [5.41, 5.74) is 1.90. The summed E-state index contributed by atoms with van der Waals surface area (Å²) in [5, 5.41) is 0.464. The Hall–Kier alpha value is -3.24. The maximum Gasteiger partial charge on any atom is 0.340 e. The number of aromatic amines is 1. The number of carbonyl (C=O) groups is 1. The fourth-order valence-electron chi connectivity index (χ4n) is 4.42. The number of aryl methyl sites for hydroxylation is 1. The summed E-state index contributed by atoms with van der Waals surface area (Å²) >= 11 is 0. The molecule has 1 saturated heterocycles. The number of para-hydroxylation sites is 1. The minimum Gasteiger partial charge on any atom is -0.454 e. The van der Waals surface area contributed by atoms with E-state index in [9.17, 15) is 18.0 Å². The van der Waals surface area contributed by atoms with Crippen molar-refractivity contribution in [1.29, 1.82) is 0 Å². The fraction of sp³-hybridized carbons (Fsp3) is 0.400. The summed E-state index contributed by atoms with van der Waals surface area (Å²) in [7, 11) is -3.75. The zero-order valence-electron chi connectivity index (χ0n) is 20.2. The van der Waals surface area contributed by atoms with E-state index in [4.69, 9.17) is 4.74 Å². The molecule has 1 fully saturated rings. The number of ether oxygens (including phenoxy) is 1. The van der Waals surface area contributed by atoms with Crippen molar-refractivity contribution in [2.75, 3.05) is 31.1 Å². The molecule has 0 unspecified atom stereocenters. The quantitative estimate of drug-likeness (QED) is 0.475. The highest BCUT2D eigenvalue weighted by Crippen LogP contribution is 2.29. The van der Waals surface area contributed by atoms with Crippen LogP contribution < -0.4 is 10.5 Å². The average molecular weight is 499 g/mol. The van der Waals surface area contributed by atoms with Crippen LogP contribution in [0.25, 0.3) is 10.9 Å². The first-order valence-corrected chi connectivity index (χ1v) is 13.2. The number of aromatic nitrogens is 2. The van der Waals surface area contributed by atoms with Gasteiger partial charge in [-0.2, -0.15) is 4.31 Å². The lowest BCUT2D eigenvalue weighted by atomic mass is 10.1. The SMILES string of the molecule is CCN(CC)S(=O)(=O)c1ccc(N2CCCC2)c(C(=O)OCc2nc3c(C)cccc3c(=O)[nH]2)c1. The molecule has 2 heterocycles. The zero-order valence-corrected chi connectivity index (χ0v) is 21.0. The monoisotopic (exact) mass is 498 g/mol. The van der Waals surface area contributed by atoms with E-state index in [-0.39, 0.29) is 28.4 Å². The molecule has 0 spiro atoms. The van der Waals surface area contributed by atoms with Crippen molar-refractivity contribution in [3.8, 4) is 0 Å². The molecule has 3 aromatic rings. The number of sulfonamides is 1. The maximum absolute atomic E-state index is 13.2. The van der Waals surface area contributed by atoms with E-state index >= 15 is 0 Å². The standard InChI is InChI=1S/C25H30N4O5S/c1-4-29(5-2)35(32,33)18-11-12-21(28-13-6-7-14-28)20(15-18)25(31)34-16-22-26-23-17(3)9-8-10-19(23)24(30)27-22/h8-12,15H,4-7,13-14,16H2,1-3H3,(H,26,27,30). The van der Waals surface area contributed by atoms with Crippen LogP contribution in [0.1, 0.15) is 48.4 Å². The Labute approximate surface area is 204 Å². The van der Waals surface area contributed by atoms with Gasteiger partial charge in [-0.15, -0.1) is 0 Å². The van der Waals surface area contributed by atoms with Crippen molar-refractivity contribution < 1.29 is 17.9 Å². The second kappa shape index (κ2) is 10.2. The average Bonchev–Trinajstić information content (AvgIpc) is 3.38. The molecule has 9 nitrogen and oxygen atoms in total. The molecule has 1 N–H and O–H groups in total. The first kappa shape index (κ1) is 24.9. The van der Waals surface area contributed by atoms with Gasteiger partial charge in [0.1, 0.15) is 12.4 Å². The van der Waals surface area contributed by atoms with Crippen LogP contribution in [-0.2, 0) is 21.4 Å². The number of esters is 1. The first-order valence-electron chi connectivity index (χ1n) is 11.8. The van der Waals surface area contributed by atoms with E-state index in [1.165, 1.54) is 10.4 Å². The minimum absolute atomic E-state index is 0.0453. The summed E-state index contributed by atoms with van der Waals surface area (Å²) < 4.78 is 33.0. The van der Waals surface area contributed by atoms with Crippen LogP contribution in [0.3, 0.4) is 0 Å². The van der Waals surface area contributed by atoms with Gasteiger partial charge in [0, 0.05) is 26.2 Å². The molecule has 0 bridgehead atoms. The van der Waals surface area contributed by atoms with Crippen molar-refractivity contribution in [3.05, 3.63) is 63.7 Å². The second-order valence-electron chi connectivity index (χ2n) is 8.52. The Morgan fingerprint density at radius 1 is 1.14 bits per heavy atom. The molecular formula is C25H30N4O5S. The second-order valence-corrected chi connectivity index (χ2v) is 10.5. The first-order chi connectivity index (χ1) is 16.8. The van der Waals surface area contributed by atoms with Crippen LogP contribution in [0.4, 0.5) is 5.69 Å². The maximum atomic E-state index is 13.2. The molecule has 1 aromatic heterocycles. The van der Waals surface area contributed by atoms with Crippen LogP contribution in [0.5, 0.6) is 0 Å². The molecule has 1 aliphatic heterocycles. The molecule has 0 amide bonds. The van der Waals surface area contributed by atoms with Gasteiger partial charge in [0.2, 0.25) is 10.0 Å². The molecule has 10 heteroatoms. The lowest BCUT2D eigenvalue weighted by Crippen LogP contribution is -2.31. The Morgan fingerprint density at radius 3 is 2.54 bits per heavy atom. The van der Waals surface area contributed by atoms with E-state index in [2.05, 4.69) is 14.9 Å². The lowest BCUT2D eigenvalue weighted by molar-refractivity contribution is 0.0463. The molecule has 0 aliphatic carbocycles. The number of hydrogen-bond donors (Lipinski definition) is 1. The van der Waals surface area contributed by atoms with Gasteiger partial charge in [0.15, 0.2) is 0 Å². The third-order valence-corrected chi connectivity index (χ3v) is 8.35. The largest absolute Gasteiger partial charge is 0.454 e. The molecular weight excluding hydrogens is 468 g/mol. The van der Waals surface area contributed by atoms with Crippen molar-refractivity contribution in [3.63, 3.8) is 0 Å². The predicted octanol–water partition coefficient (Wildman–Crippen LogP) is 3.22. The lowest BCUT2D eigenvalue weighted by Gasteiger charge is -2.23. The number of nitrogens with one attached hydrogen (secondary N) is 1. The summed E-state index contributed by atoms with van der Waals surface area (Å²) in [6, 6.07) is 9.95. The molecule has 0 atom stereocenters. The predicted molar refractivity (Wildman–Crippen MR) is 134 cm³/mol. The van der Waals surface area contributed by atoms with Gasteiger partial charge in [0.05, 0.1) is 27.0 Å². The molecule has 4 rings (SSSR count). The highest BCUT2D eigenvalue weighted by molar-refractivity contribution is 7.89. The number of anilines is 1. The highest BCUT2D eigenvalue weighted by Gasteiger charge is 2.27. The van der Waals surface area contributed by atoms with Gasteiger partial charge in [-0.1, -0.05) is 26.0 Å². The topological polar surface area (TPSA) is 113 Å². The van der Waals surface area contributed by atoms with E-state index in [1.807, 2.05) is 13.0 Å². The number of nitrogens with zero attached hydrogens (tertiary/aromatic N) is 3. The van der Waals surface area contributed by atoms with Gasteiger partial charge in [-0.25, -0.2) is 18.2 Å². The van der Waals surface area contributed by atoms with E-state index in [1.54, 1.807) is 38.1 Å². The van der Waals surface area contributed by atoms with Crippen LogP contribution >= 0.6 is 0 Å². The smallest absolute Gasteiger partial charge is 0.340 e. The number of rotatable bonds is 8. The van der Waals surface area contributed by atoms with Gasteiger partial charge in [-0.3, -0.25) is 4.79 Å². The van der Waals surface area contributed by atoms with Gasteiger partial charge >= 0.3 is 5.97 Å². The normalized spacial score (nSPS) is 14.1. The Balaban J connectivity index is 1.67. The third-order valence-electron chi connectivity index (χ3n) is 6.30. The third kappa shape index (κ3) is 4.94. The molecule has 1 aliphatic rings. The molecule has 0 saturated carbocycles. The van der Waals surface area contributed by atoms with Crippen molar-refractivity contribution >= 4 is 32.6 Å². The van der Waals surface area contributed by atoms with Crippen molar-refractivity contribution in [1.82, 2.24) is 14.3 Å². The van der Waals surface area contributed by atoms with Gasteiger partial charge in [-0.05, 0) is 49.6 Å². The van der Waals surface area contributed by atoms with Crippen molar-refractivity contribution in [2.24, 2.45) is 0 Å². The number of benzene rings is 2. The minimum atomic E-state index is -3.75. The highest BCUT2D eigenvalue weighted by atomic mass is 32.2. The summed E-state index contributed by atoms with van der Waals surface area (Å²) in [6.07, 6.45) is 1.99. The fourth-order valence-corrected chi connectivity index (χ4v) is 5.90. The van der Waals surface area contributed by atoms with Crippen LogP contribution in [0.2, 0.25) is 0 Å². The van der Waals surface area contributed by atoms with Crippen LogP contribution in [0.15, 0.2) is 46.1 Å². The van der Waals surface area contributed by atoms with Gasteiger partial charge in [0.25, 0.3) is 5.56 Å². The summed E-state index contributed by atoms with van der Waals surface area (Å²) in [6.45, 7) is 7.36. The van der Waals surface area contributed by atoms with Crippen LogP contribution in [-0.4, -0.2) is 54.8 Å². The number of carbonyl (C=O) groups excluding carboxylic acids is 1. The molecule has 2 aromatic carbocycles. The van der Waals surface area contributed by atoms with E-state index in [0.29, 0.717) is 29.7 Å². The number of fused-ring (bicyclic) bond motifs is 1. The number of hydrogen-bond acceptors (Lipinski definition) is 7. The molecule has 35 heavy (non-hydrogen) atoms.